The van der Waals surface area contributed by atoms with Crippen LogP contribution in [0.15, 0.2) is 80.1 Å². The van der Waals surface area contributed by atoms with Crippen LogP contribution in [0.2, 0.25) is 5.02 Å². The zero-order valence-corrected chi connectivity index (χ0v) is 22.7. The van der Waals surface area contributed by atoms with Crippen molar-refractivity contribution in [3.63, 3.8) is 0 Å². The van der Waals surface area contributed by atoms with Gasteiger partial charge in [-0.3, -0.25) is 19.5 Å². The standard InChI is InChI=1S/C28H22ClN3O6S/c1-4-37-27(34)24-16(3)30-28-31(25(24)18-7-5-6-8-20(18)29)26(33)23(39-28)14-17-10-12-22(38-17)19-11-9-15(2)13-21(19)32(35)36/h5-14,25H,4H2,1-3H3. The van der Waals surface area contributed by atoms with E-state index in [-0.39, 0.29) is 17.9 Å². The van der Waals surface area contributed by atoms with Crippen molar-refractivity contribution < 1.29 is 18.9 Å². The number of carbonyl (C=O) groups is 1. The molecule has 1 aliphatic heterocycles. The predicted octanol–water partition coefficient (Wildman–Crippen LogP) is 4.93. The van der Waals surface area contributed by atoms with Gasteiger partial charge in [-0.25, -0.2) is 9.79 Å². The Balaban J connectivity index is 1.65. The zero-order chi connectivity index (χ0) is 27.8. The van der Waals surface area contributed by atoms with Crippen LogP contribution in [-0.4, -0.2) is 22.1 Å². The van der Waals surface area contributed by atoms with Gasteiger partial charge < -0.3 is 9.15 Å². The quantitative estimate of drug-likeness (QED) is 0.186. The molecule has 3 heterocycles. The fraction of sp³-hybridized carbons (Fsp3) is 0.179. The Morgan fingerprint density at radius 3 is 2.72 bits per heavy atom. The van der Waals surface area contributed by atoms with Gasteiger partial charge in [-0.2, -0.15) is 0 Å². The molecule has 0 fully saturated rings. The molecule has 0 spiro atoms. The number of thiazole rings is 1. The number of carbonyl (C=O) groups excluding carboxylic acids is 1. The van der Waals surface area contributed by atoms with Crippen LogP contribution < -0.4 is 14.9 Å². The van der Waals surface area contributed by atoms with E-state index in [4.69, 9.17) is 20.8 Å². The normalized spacial score (nSPS) is 15.2. The van der Waals surface area contributed by atoms with E-state index in [9.17, 15) is 19.7 Å². The minimum atomic E-state index is -0.835. The lowest BCUT2D eigenvalue weighted by molar-refractivity contribution is -0.384. The molecule has 9 nitrogen and oxygen atoms in total. The molecule has 2 aromatic heterocycles. The van der Waals surface area contributed by atoms with Gasteiger partial charge >= 0.3 is 5.97 Å². The van der Waals surface area contributed by atoms with E-state index in [1.165, 1.54) is 10.6 Å². The maximum atomic E-state index is 13.7. The van der Waals surface area contributed by atoms with Crippen LogP contribution in [0.5, 0.6) is 0 Å². The summed E-state index contributed by atoms with van der Waals surface area (Å²) in [4.78, 5) is 42.8. The molecule has 1 aliphatic rings. The zero-order valence-electron chi connectivity index (χ0n) is 21.1. The maximum absolute atomic E-state index is 13.7. The minimum absolute atomic E-state index is 0.0722. The average Bonchev–Trinajstić information content (AvgIpc) is 3.48. The van der Waals surface area contributed by atoms with Crippen LogP contribution in [0.25, 0.3) is 17.4 Å². The number of esters is 1. The lowest BCUT2D eigenvalue weighted by Crippen LogP contribution is -2.40. The summed E-state index contributed by atoms with van der Waals surface area (Å²) in [6, 6.07) is 14.3. The number of furan rings is 1. The van der Waals surface area contributed by atoms with Crippen molar-refractivity contribution in [1.82, 2.24) is 4.57 Å². The lowest BCUT2D eigenvalue weighted by atomic mass is 9.96. The van der Waals surface area contributed by atoms with Crippen molar-refractivity contribution in [2.24, 2.45) is 4.99 Å². The molecule has 2 aromatic carbocycles. The summed E-state index contributed by atoms with van der Waals surface area (Å²) in [5.74, 6) is 0.0594. The molecule has 0 saturated heterocycles. The van der Waals surface area contributed by atoms with Crippen molar-refractivity contribution in [2.75, 3.05) is 6.61 Å². The smallest absolute Gasteiger partial charge is 0.338 e. The van der Waals surface area contributed by atoms with E-state index in [0.29, 0.717) is 42.7 Å². The number of aryl methyl sites for hydroxylation is 1. The molecule has 1 atom stereocenters. The highest BCUT2D eigenvalue weighted by Crippen LogP contribution is 2.35. The molecule has 198 valence electrons. The SMILES string of the molecule is CCOC(=O)C1=C(C)N=c2sc(=Cc3ccc(-c4ccc(C)cc4[N+](=O)[O-])o3)c(=O)n2C1c1ccccc1Cl. The number of hydrogen-bond acceptors (Lipinski definition) is 8. The van der Waals surface area contributed by atoms with Gasteiger partial charge in [0.2, 0.25) is 0 Å². The Hall–Kier alpha value is -4.28. The van der Waals surface area contributed by atoms with Crippen LogP contribution in [0.1, 0.15) is 36.8 Å². The summed E-state index contributed by atoms with van der Waals surface area (Å²) in [5, 5.41) is 12.0. The molecule has 0 radical (unpaired) electrons. The van der Waals surface area contributed by atoms with Gasteiger partial charge in [0.05, 0.1) is 32.9 Å². The molecule has 0 saturated carbocycles. The number of aromatic nitrogens is 1. The summed E-state index contributed by atoms with van der Waals surface area (Å²) in [5.41, 5.74) is 1.85. The first-order valence-corrected chi connectivity index (χ1v) is 13.2. The number of benzene rings is 2. The third-order valence-corrected chi connectivity index (χ3v) is 7.56. The summed E-state index contributed by atoms with van der Waals surface area (Å²) in [7, 11) is 0. The third kappa shape index (κ3) is 4.84. The van der Waals surface area contributed by atoms with E-state index in [1.54, 1.807) is 75.4 Å². The summed E-state index contributed by atoms with van der Waals surface area (Å²) in [6.07, 6.45) is 1.56. The van der Waals surface area contributed by atoms with E-state index in [0.717, 1.165) is 16.9 Å². The van der Waals surface area contributed by atoms with Crippen molar-refractivity contribution in [3.05, 3.63) is 118 Å². The second-order valence-electron chi connectivity index (χ2n) is 8.80. The van der Waals surface area contributed by atoms with Crippen LogP contribution in [0.4, 0.5) is 5.69 Å². The molecular weight excluding hydrogens is 542 g/mol. The Morgan fingerprint density at radius 2 is 2.00 bits per heavy atom. The highest BCUT2D eigenvalue weighted by Gasteiger charge is 2.34. The number of fused-ring (bicyclic) bond motifs is 1. The van der Waals surface area contributed by atoms with Gasteiger partial charge in [0.15, 0.2) is 4.80 Å². The Morgan fingerprint density at radius 1 is 1.23 bits per heavy atom. The number of hydrogen-bond donors (Lipinski definition) is 0. The monoisotopic (exact) mass is 563 g/mol. The maximum Gasteiger partial charge on any atom is 0.338 e. The van der Waals surface area contributed by atoms with Gasteiger partial charge in [0.1, 0.15) is 17.6 Å². The fourth-order valence-electron chi connectivity index (χ4n) is 4.49. The highest BCUT2D eigenvalue weighted by atomic mass is 35.5. The summed E-state index contributed by atoms with van der Waals surface area (Å²) in [6.45, 7) is 5.33. The van der Waals surface area contributed by atoms with Crippen LogP contribution in [0.3, 0.4) is 0 Å². The van der Waals surface area contributed by atoms with Crippen molar-refractivity contribution in [3.8, 4) is 11.3 Å². The number of ether oxygens (including phenoxy) is 1. The van der Waals surface area contributed by atoms with Crippen LogP contribution in [0, 0.1) is 17.0 Å². The summed E-state index contributed by atoms with van der Waals surface area (Å²) >= 11 is 7.66. The third-order valence-electron chi connectivity index (χ3n) is 6.23. The van der Waals surface area contributed by atoms with E-state index < -0.39 is 22.5 Å². The van der Waals surface area contributed by atoms with E-state index in [1.807, 2.05) is 0 Å². The number of nitrogens with zero attached hydrogens (tertiary/aromatic N) is 3. The van der Waals surface area contributed by atoms with Gasteiger partial charge in [-0.15, -0.1) is 0 Å². The Labute approximate surface area is 231 Å². The van der Waals surface area contributed by atoms with Crippen molar-refractivity contribution in [1.29, 1.82) is 0 Å². The number of allylic oxidation sites excluding steroid dienone is 1. The molecule has 39 heavy (non-hydrogen) atoms. The second-order valence-corrected chi connectivity index (χ2v) is 10.2. The van der Waals surface area contributed by atoms with Crippen LogP contribution in [-0.2, 0) is 9.53 Å². The number of nitro benzene ring substituents is 1. The molecule has 0 aliphatic carbocycles. The first-order valence-electron chi connectivity index (χ1n) is 12.0. The predicted molar refractivity (Wildman–Crippen MR) is 147 cm³/mol. The summed E-state index contributed by atoms with van der Waals surface area (Å²) < 4.78 is 12.9. The van der Waals surface area contributed by atoms with Gasteiger partial charge in [-0.1, -0.05) is 47.2 Å². The number of halogens is 1. The molecule has 0 amide bonds. The van der Waals surface area contributed by atoms with Gasteiger partial charge in [0.25, 0.3) is 11.2 Å². The first kappa shape index (κ1) is 26.3. The largest absolute Gasteiger partial charge is 0.463 e. The molecule has 0 bridgehead atoms. The fourth-order valence-corrected chi connectivity index (χ4v) is 5.75. The molecule has 1 unspecified atom stereocenters. The molecule has 4 aromatic rings. The van der Waals surface area contributed by atoms with Gasteiger partial charge in [-0.05, 0) is 56.2 Å². The minimum Gasteiger partial charge on any atom is -0.463 e. The Kier molecular flexibility index (Phi) is 7.07. The van der Waals surface area contributed by atoms with E-state index >= 15 is 0 Å². The first-order chi connectivity index (χ1) is 18.7. The molecule has 5 rings (SSSR count). The van der Waals surface area contributed by atoms with Crippen LogP contribution >= 0.6 is 22.9 Å². The molecular formula is C28H22ClN3O6S. The lowest BCUT2D eigenvalue weighted by Gasteiger charge is -2.25. The highest BCUT2D eigenvalue weighted by molar-refractivity contribution is 7.07. The average molecular weight is 564 g/mol. The van der Waals surface area contributed by atoms with Crippen molar-refractivity contribution in [2.45, 2.75) is 26.8 Å². The van der Waals surface area contributed by atoms with Gasteiger partial charge in [0, 0.05) is 17.2 Å². The number of nitro groups is 1. The molecule has 0 N–H and O–H groups in total. The van der Waals surface area contributed by atoms with Crippen molar-refractivity contribution >= 4 is 40.7 Å². The topological polar surface area (TPSA) is 117 Å². The Bertz CT molecular complexity index is 1850. The second kappa shape index (κ2) is 10.5. The van der Waals surface area contributed by atoms with E-state index in [2.05, 4.69) is 4.99 Å². The number of rotatable bonds is 6. The molecule has 11 heteroatoms.